The standard InChI is InChI=1S/C20H20N4O2/c21-12-15-6-8-17(9-7-15)19(25)22-10-11-26-20-23-13-18(14-24-20)16-4-2-1-3-5-16/h1-9,13-14H,10-12,21H2,(H,22,25). The van der Waals surface area contributed by atoms with E-state index in [1.54, 1.807) is 24.5 Å². The maximum absolute atomic E-state index is 12.0. The highest BCUT2D eigenvalue weighted by Gasteiger charge is 2.05. The van der Waals surface area contributed by atoms with Crippen molar-refractivity contribution in [2.45, 2.75) is 6.54 Å². The monoisotopic (exact) mass is 348 g/mol. The number of benzene rings is 2. The van der Waals surface area contributed by atoms with Crippen LogP contribution in [0.4, 0.5) is 0 Å². The molecule has 0 saturated heterocycles. The highest BCUT2D eigenvalue weighted by Crippen LogP contribution is 2.17. The molecule has 0 unspecified atom stereocenters. The molecule has 0 radical (unpaired) electrons. The molecule has 0 aliphatic heterocycles. The Hall–Kier alpha value is -3.25. The van der Waals surface area contributed by atoms with Crippen LogP contribution in [-0.4, -0.2) is 29.0 Å². The molecule has 0 fully saturated rings. The van der Waals surface area contributed by atoms with E-state index in [9.17, 15) is 4.79 Å². The molecule has 132 valence electrons. The summed E-state index contributed by atoms with van der Waals surface area (Å²) >= 11 is 0. The summed E-state index contributed by atoms with van der Waals surface area (Å²) < 4.78 is 5.47. The molecule has 1 aromatic heterocycles. The first-order valence-electron chi connectivity index (χ1n) is 8.34. The van der Waals surface area contributed by atoms with Gasteiger partial charge in [-0.3, -0.25) is 4.79 Å². The van der Waals surface area contributed by atoms with Crippen LogP contribution in [0.3, 0.4) is 0 Å². The van der Waals surface area contributed by atoms with E-state index in [-0.39, 0.29) is 18.5 Å². The first-order chi connectivity index (χ1) is 12.8. The van der Waals surface area contributed by atoms with Crippen LogP contribution < -0.4 is 15.8 Å². The van der Waals surface area contributed by atoms with E-state index >= 15 is 0 Å². The van der Waals surface area contributed by atoms with Crippen LogP contribution >= 0.6 is 0 Å². The summed E-state index contributed by atoms with van der Waals surface area (Å²) in [5.41, 5.74) is 9.09. The second-order valence-corrected chi connectivity index (χ2v) is 5.63. The van der Waals surface area contributed by atoms with Crippen molar-refractivity contribution in [2.24, 2.45) is 5.73 Å². The fourth-order valence-electron chi connectivity index (χ4n) is 2.37. The summed E-state index contributed by atoms with van der Waals surface area (Å²) in [7, 11) is 0. The largest absolute Gasteiger partial charge is 0.462 e. The van der Waals surface area contributed by atoms with Crippen molar-refractivity contribution in [2.75, 3.05) is 13.2 Å². The molecule has 0 aliphatic carbocycles. The van der Waals surface area contributed by atoms with E-state index in [4.69, 9.17) is 10.5 Å². The van der Waals surface area contributed by atoms with Gasteiger partial charge in [-0.25, -0.2) is 9.97 Å². The molecule has 26 heavy (non-hydrogen) atoms. The number of ether oxygens (including phenoxy) is 1. The number of nitrogens with one attached hydrogen (secondary N) is 1. The lowest BCUT2D eigenvalue weighted by molar-refractivity contribution is 0.0946. The smallest absolute Gasteiger partial charge is 0.316 e. The van der Waals surface area contributed by atoms with Gasteiger partial charge in [0, 0.05) is 30.1 Å². The number of nitrogens with two attached hydrogens (primary N) is 1. The first kappa shape index (κ1) is 17.6. The minimum absolute atomic E-state index is 0.155. The summed E-state index contributed by atoms with van der Waals surface area (Å²) in [5, 5.41) is 2.79. The van der Waals surface area contributed by atoms with Gasteiger partial charge < -0.3 is 15.8 Å². The predicted octanol–water partition coefficient (Wildman–Crippen LogP) is 2.41. The fraction of sp³-hybridized carbons (Fsp3) is 0.150. The van der Waals surface area contributed by atoms with Crippen molar-refractivity contribution in [1.82, 2.24) is 15.3 Å². The zero-order chi connectivity index (χ0) is 18.2. The molecule has 1 amide bonds. The van der Waals surface area contributed by atoms with Gasteiger partial charge in [0.1, 0.15) is 6.61 Å². The van der Waals surface area contributed by atoms with Gasteiger partial charge in [-0.05, 0) is 23.3 Å². The molecule has 0 bridgehead atoms. The molecular formula is C20H20N4O2. The summed E-state index contributed by atoms with van der Waals surface area (Å²) in [6, 6.07) is 17.4. The van der Waals surface area contributed by atoms with E-state index in [1.165, 1.54) is 0 Å². The zero-order valence-electron chi connectivity index (χ0n) is 14.3. The van der Waals surface area contributed by atoms with Gasteiger partial charge in [-0.1, -0.05) is 42.5 Å². The molecule has 3 rings (SSSR count). The minimum Gasteiger partial charge on any atom is -0.462 e. The molecule has 3 N–H and O–H groups in total. The Morgan fingerprint density at radius 3 is 2.31 bits per heavy atom. The number of hydrogen-bond acceptors (Lipinski definition) is 5. The average molecular weight is 348 g/mol. The molecule has 2 aromatic carbocycles. The van der Waals surface area contributed by atoms with Gasteiger partial charge in [-0.2, -0.15) is 0 Å². The molecular weight excluding hydrogens is 328 g/mol. The summed E-state index contributed by atoms with van der Waals surface area (Å²) in [4.78, 5) is 20.4. The van der Waals surface area contributed by atoms with E-state index in [1.807, 2.05) is 42.5 Å². The summed E-state index contributed by atoms with van der Waals surface area (Å²) in [5.74, 6) is -0.155. The maximum Gasteiger partial charge on any atom is 0.316 e. The van der Waals surface area contributed by atoms with E-state index in [0.717, 1.165) is 16.7 Å². The van der Waals surface area contributed by atoms with Crippen LogP contribution in [0.25, 0.3) is 11.1 Å². The molecule has 6 nitrogen and oxygen atoms in total. The number of aromatic nitrogens is 2. The molecule has 1 heterocycles. The zero-order valence-corrected chi connectivity index (χ0v) is 14.3. The van der Waals surface area contributed by atoms with E-state index < -0.39 is 0 Å². The lowest BCUT2D eigenvalue weighted by Crippen LogP contribution is -2.28. The first-order valence-corrected chi connectivity index (χ1v) is 8.34. The van der Waals surface area contributed by atoms with Crippen molar-refractivity contribution in [3.8, 4) is 17.1 Å². The van der Waals surface area contributed by atoms with Gasteiger partial charge in [0.15, 0.2) is 0 Å². The Kier molecular flexibility index (Phi) is 5.90. The van der Waals surface area contributed by atoms with Gasteiger partial charge in [0.25, 0.3) is 5.91 Å². The molecule has 0 spiro atoms. The molecule has 0 atom stereocenters. The number of carbonyl (C=O) groups is 1. The van der Waals surface area contributed by atoms with Gasteiger partial charge >= 0.3 is 6.01 Å². The highest BCUT2D eigenvalue weighted by molar-refractivity contribution is 5.94. The fourth-order valence-corrected chi connectivity index (χ4v) is 2.37. The molecule has 0 saturated carbocycles. The second kappa shape index (κ2) is 8.73. The van der Waals surface area contributed by atoms with Crippen LogP contribution in [0, 0.1) is 0 Å². The Morgan fingerprint density at radius 2 is 1.65 bits per heavy atom. The quantitative estimate of drug-likeness (QED) is 0.640. The number of nitrogens with zero attached hydrogens (tertiary/aromatic N) is 2. The Morgan fingerprint density at radius 1 is 0.962 bits per heavy atom. The lowest BCUT2D eigenvalue weighted by Gasteiger charge is -2.07. The minimum atomic E-state index is -0.155. The third kappa shape index (κ3) is 4.64. The molecule has 3 aromatic rings. The van der Waals surface area contributed by atoms with Gasteiger partial charge in [-0.15, -0.1) is 0 Å². The van der Waals surface area contributed by atoms with Crippen molar-refractivity contribution in [3.05, 3.63) is 78.1 Å². The van der Waals surface area contributed by atoms with E-state index in [0.29, 0.717) is 18.7 Å². The average Bonchev–Trinajstić information content (AvgIpc) is 2.72. The topological polar surface area (TPSA) is 90.1 Å². The SMILES string of the molecule is NCc1ccc(C(=O)NCCOc2ncc(-c3ccccc3)cn2)cc1. The third-order valence-corrected chi connectivity index (χ3v) is 3.81. The van der Waals surface area contributed by atoms with Crippen molar-refractivity contribution in [3.63, 3.8) is 0 Å². The highest BCUT2D eigenvalue weighted by atomic mass is 16.5. The maximum atomic E-state index is 12.0. The number of carbonyl (C=O) groups excluding carboxylic acids is 1. The van der Waals surface area contributed by atoms with Gasteiger partial charge in [0.05, 0.1) is 6.54 Å². The number of hydrogen-bond donors (Lipinski definition) is 2. The van der Waals surface area contributed by atoms with Crippen LogP contribution in [0.2, 0.25) is 0 Å². The van der Waals surface area contributed by atoms with E-state index in [2.05, 4.69) is 15.3 Å². The Labute approximate surface area is 152 Å². The van der Waals surface area contributed by atoms with Crippen molar-refractivity contribution >= 4 is 5.91 Å². The third-order valence-electron chi connectivity index (χ3n) is 3.81. The molecule has 6 heteroatoms. The second-order valence-electron chi connectivity index (χ2n) is 5.63. The van der Waals surface area contributed by atoms with Crippen LogP contribution in [0.5, 0.6) is 6.01 Å². The van der Waals surface area contributed by atoms with Gasteiger partial charge in [0.2, 0.25) is 0 Å². The summed E-state index contributed by atoms with van der Waals surface area (Å²) in [6.45, 7) is 1.11. The number of amides is 1. The number of rotatable bonds is 7. The predicted molar refractivity (Wildman–Crippen MR) is 99.6 cm³/mol. The normalized spacial score (nSPS) is 10.3. The Balaban J connectivity index is 1.45. The Bertz CT molecular complexity index is 834. The summed E-state index contributed by atoms with van der Waals surface area (Å²) in [6.07, 6.45) is 3.44. The van der Waals surface area contributed by atoms with Crippen LogP contribution in [-0.2, 0) is 6.54 Å². The van der Waals surface area contributed by atoms with Crippen LogP contribution in [0.1, 0.15) is 15.9 Å². The van der Waals surface area contributed by atoms with Crippen LogP contribution in [0.15, 0.2) is 67.0 Å². The van der Waals surface area contributed by atoms with Crippen molar-refractivity contribution in [1.29, 1.82) is 0 Å². The molecule has 0 aliphatic rings. The van der Waals surface area contributed by atoms with Crippen molar-refractivity contribution < 1.29 is 9.53 Å². The lowest BCUT2D eigenvalue weighted by atomic mass is 10.1.